The highest BCUT2D eigenvalue weighted by Crippen LogP contribution is 2.18. The zero-order chi connectivity index (χ0) is 20.3. The first-order valence-electron chi connectivity index (χ1n) is 8.85. The third-order valence-corrected chi connectivity index (χ3v) is 5.48. The Morgan fingerprint density at radius 1 is 1.21 bits per heavy atom. The van der Waals surface area contributed by atoms with Crippen molar-refractivity contribution in [1.29, 1.82) is 0 Å². The molecule has 1 aromatic carbocycles. The summed E-state index contributed by atoms with van der Waals surface area (Å²) in [6, 6.07) is 5.83. The van der Waals surface area contributed by atoms with E-state index >= 15 is 0 Å². The maximum atomic E-state index is 13.0. The van der Waals surface area contributed by atoms with Crippen molar-refractivity contribution in [1.82, 2.24) is 14.3 Å². The van der Waals surface area contributed by atoms with Crippen LogP contribution < -0.4 is 16.6 Å². The Hall–Kier alpha value is -3.00. The van der Waals surface area contributed by atoms with Crippen LogP contribution in [0.2, 0.25) is 0 Å². The van der Waals surface area contributed by atoms with Gasteiger partial charge in [0.05, 0.1) is 0 Å². The summed E-state index contributed by atoms with van der Waals surface area (Å²) in [6.45, 7) is 4.04. The average Bonchev–Trinajstić information content (AvgIpc) is 3.14. The number of hydrogen-bond donors (Lipinski definition) is 1. The second-order valence-corrected chi connectivity index (χ2v) is 7.31. The van der Waals surface area contributed by atoms with Gasteiger partial charge in [0.15, 0.2) is 0 Å². The third kappa shape index (κ3) is 3.96. The lowest BCUT2D eigenvalue weighted by molar-refractivity contribution is 0.0954. The van der Waals surface area contributed by atoms with Crippen LogP contribution in [0.1, 0.15) is 34.1 Å². The number of carbonyl (C=O) groups excluding carboxylic acids is 1. The molecule has 0 atom stereocenters. The molecule has 0 aliphatic carbocycles. The van der Waals surface area contributed by atoms with E-state index in [1.807, 2.05) is 13.0 Å². The van der Waals surface area contributed by atoms with Gasteiger partial charge in [0.1, 0.15) is 15.5 Å². The summed E-state index contributed by atoms with van der Waals surface area (Å²) in [7, 11) is 0. The molecule has 3 rings (SSSR count). The van der Waals surface area contributed by atoms with E-state index < -0.39 is 5.69 Å². The molecule has 6 nitrogen and oxygen atoms in total. The SMILES string of the molecule is CCC=CCn1c(=O)c(C)c2sc(C(=O)NCc3ccc(F)cc3)cn2c1=O. The molecular formula is C20H20FN3O3S. The van der Waals surface area contributed by atoms with Crippen molar-refractivity contribution in [2.24, 2.45) is 0 Å². The summed E-state index contributed by atoms with van der Waals surface area (Å²) < 4.78 is 15.5. The first-order valence-corrected chi connectivity index (χ1v) is 9.67. The van der Waals surface area contributed by atoms with E-state index in [2.05, 4.69) is 5.32 Å². The van der Waals surface area contributed by atoms with E-state index in [4.69, 9.17) is 0 Å². The molecule has 0 spiro atoms. The minimum atomic E-state index is -0.472. The summed E-state index contributed by atoms with van der Waals surface area (Å²) in [5, 5.41) is 2.74. The fourth-order valence-electron chi connectivity index (χ4n) is 2.75. The number of nitrogens with zero attached hydrogens (tertiary/aromatic N) is 2. The number of fused-ring (bicyclic) bond motifs is 1. The van der Waals surface area contributed by atoms with E-state index in [9.17, 15) is 18.8 Å². The zero-order valence-corrected chi connectivity index (χ0v) is 16.4. The van der Waals surface area contributed by atoms with Crippen LogP contribution in [0.15, 0.2) is 52.2 Å². The van der Waals surface area contributed by atoms with Crippen LogP contribution in [0.5, 0.6) is 0 Å². The van der Waals surface area contributed by atoms with Gasteiger partial charge in [-0.1, -0.05) is 31.2 Å². The number of halogens is 1. The molecule has 1 N–H and O–H groups in total. The molecule has 0 radical (unpaired) electrons. The molecule has 0 aliphatic rings. The molecule has 0 aliphatic heterocycles. The van der Waals surface area contributed by atoms with Gasteiger partial charge in [0.25, 0.3) is 11.5 Å². The van der Waals surface area contributed by atoms with Crippen molar-refractivity contribution < 1.29 is 9.18 Å². The number of aromatic nitrogens is 2. The lowest BCUT2D eigenvalue weighted by atomic mass is 10.2. The number of aryl methyl sites for hydroxylation is 1. The summed E-state index contributed by atoms with van der Waals surface area (Å²) in [5.41, 5.74) is 0.352. The van der Waals surface area contributed by atoms with Crippen LogP contribution in [-0.2, 0) is 13.1 Å². The second-order valence-electron chi connectivity index (χ2n) is 6.28. The van der Waals surface area contributed by atoms with Crippen molar-refractivity contribution in [3.05, 3.63) is 85.3 Å². The summed E-state index contributed by atoms with van der Waals surface area (Å²) in [4.78, 5) is 38.4. The molecule has 0 fully saturated rings. The van der Waals surface area contributed by atoms with Crippen molar-refractivity contribution in [2.45, 2.75) is 33.4 Å². The van der Waals surface area contributed by atoms with Gasteiger partial charge in [-0.2, -0.15) is 0 Å². The monoisotopic (exact) mass is 401 g/mol. The van der Waals surface area contributed by atoms with E-state index in [1.54, 1.807) is 25.1 Å². The van der Waals surface area contributed by atoms with Crippen LogP contribution in [0, 0.1) is 12.7 Å². The van der Waals surface area contributed by atoms with E-state index in [0.717, 1.165) is 27.9 Å². The summed E-state index contributed by atoms with van der Waals surface area (Å²) in [6.07, 6.45) is 5.93. The highest BCUT2D eigenvalue weighted by molar-refractivity contribution is 7.19. The molecule has 2 heterocycles. The average molecular weight is 401 g/mol. The lowest BCUT2D eigenvalue weighted by Crippen LogP contribution is -2.37. The Bertz CT molecular complexity index is 1160. The van der Waals surface area contributed by atoms with Gasteiger partial charge in [-0.15, -0.1) is 11.3 Å². The predicted octanol–water partition coefficient (Wildman–Crippen LogP) is 2.87. The van der Waals surface area contributed by atoms with Crippen molar-refractivity contribution in [3.63, 3.8) is 0 Å². The smallest absolute Gasteiger partial charge is 0.336 e. The van der Waals surface area contributed by atoms with Gasteiger partial charge >= 0.3 is 5.69 Å². The Morgan fingerprint density at radius 2 is 1.93 bits per heavy atom. The van der Waals surface area contributed by atoms with Crippen LogP contribution in [0.4, 0.5) is 4.39 Å². The molecule has 0 saturated carbocycles. The molecule has 28 heavy (non-hydrogen) atoms. The van der Waals surface area contributed by atoms with Crippen LogP contribution >= 0.6 is 11.3 Å². The number of benzene rings is 1. The normalized spacial score (nSPS) is 11.4. The number of carbonyl (C=O) groups is 1. The molecule has 1 amide bonds. The standard InChI is InChI=1S/C20H20FN3O3S/c1-3-4-5-10-23-18(26)13(2)19-24(20(23)27)12-16(28-19)17(25)22-11-14-6-8-15(21)9-7-14/h4-9,12H,3,10-11H2,1-2H3,(H,22,25). The largest absolute Gasteiger partial charge is 0.347 e. The maximum Gasteiger partial charge on any atom is 0.336 e. The molecule has 8 heteroatoms. The van der Waals surface area contributed by atoms with Gasteiger partial charge in [-0.05, 0) is 31.0 Å². The van der Waals surface area contributed by atoms with Crippen LogP contribution in [0.25, 0.3) is 4.83 Å². The minimum absolute atomic E-state index is 0.192. The molecule has 0 saturated heterocycles. The van der Waals surface area contributed by atoms with Crippen LogP contribution in [0.3, 0.4) is 0 Å². The van der Waals surface area contributed by atoms with Gasteiger partial charge in [0.2, 0.25) is 0 Å². The van der Waals surface area contributed by atoms with Crippen LogP contribution in [-0.4, -0.2) is 14.9 Å². The van der Waals surface area contributed by atoms with Gasteiger partial charge in [-0.25, -0.2) is 9.18 Å². The Labute approximate surface area is 164 Å². The number of amides is 1. The molecule has 0 unspecified atom stereocenters. The van der Waals surface area contributed by atoms with Crippen molar-refractivity contribution >= 4 is 22.1 Å². The van der Waals surface area contributed by atoms with Crippen molar-refractivity contribution in [2.75, 3.05) is 0 Å². The number of rotatable bonds is 6. The minimum Gasteiger partial charge on any atom is -0.347 e. The quantitative estimate of drug-likeness (QED) is 0.646. The maximum absolute atomic E-state index is 13.0. The first kappa shape index (κ1) is 19.8. The third-order valence-electron chi connectivity index (χ3n) is 4.28. The fraction of sp³-hybridized carbons (Fsp3) is 0.250. The summed E-state index contributed by atoms with van der Waals surface area (Å²) >= 11 is 1.09. The molecule has 3 aromatic rings. The Kier molecular flexibility index (Phi) is 5.89. The molecule has 146 valence electrons. The van der Waals surface area contributed by atoms with E-state index in [-0.39, 0.29) is 30.4 Å². The summed E-state index contributed by atoms with van der Waals surface area (Å²) in [5.74, 6) is -0.702. The second kappa shape index (κ2) is 8.35. The number of thiazole rings is 1. The van der Waals surface area contributed by atoms with Gasteiger partial charge < -0.3 is 5.32 Å². The number of nitrogens with one attached hydrogen (secondary N) is 1. The zero-order valence-electron chi connectivity index (χ0n) is 15.6. The topological polar surface area (TPSA) is 72.6 Å². The highest BCUT2D eigenvalue weighted by atomic mass is 32.1. The Morgan fingerprint density at radius 3 is 2.61 bits per heavy atom. The Balaban J connectivity index is 1.89. The van der Waals surface area contributed by atoms with Gasteiger partial charge in [0, 0.05) is 24.8 Å². The molecule has 2 aromatic heterocycles. The highest BCUT2D eigenvalue weighted by Gasteiger charge is 2.17. The first-order chi connectivity index (χ1) is 13.4. The van der Waals surface area contributed by atoms with E-state index in [1.165, 1.54) is 22.7 Å². The van der Waals surface area contributed by atoms with Crippen molar-refractivity contribution in [3.8, 4) is 0 Å². The van der Waals surface area contributed by atoms with Gasteiger partial charge in [-0.3, -0.25) is 18.6 Å². The number of hydrogen-bond acceptors (Lipinski definition) is 4. The number of allylic oxidation sites excluding steroid dienone is 2. The fourth-order valence-corrected chi connectivity index (χ4v) is 3.75. The van der Waals surface area contributed by atoms with E-state index in [0.29, 0.717) is 15.3 Å². The molecular weight excluding hydrogens is 381 g/mol. The molecule has 0 bridgehead atoms. The lowest BCUT2D eigenvalue weighted by Gasteiger charge is -2.04. The predicted molar refractivity (Wildman–Crippen MR) is 108 cm³/mol.